The van der Waals surface area contributed by atoms with Crippen LogP contribution in [0, 0.1) is 0 Å². The maximum absolute atomic E-state index is 9.66. The highest BCUT2D eigenvalue weighted by atomic mass is 16.4. The van der Waals surface area contributed by atoms with E-state index in [0.29, 0.717) is 6.42 Å². The van der Waals surface area contributed by atoms with Gasteiger partial charge in [-0.05, 0) is 27.2 Å². The molecular weight excluding hydrogens is 210 g/mol. The molecule has 6 heteroatoms. The van der Waals surface area contributed by atoms with Crippen LogP contribution in [0.3, 0.4) is 0 Å². The van der Waals surface area contributed by atoms with Gasteiger partial charge in [0.15, 0.2) is 0 Å². The first-order chi connectivity index (χ1) is 7.32. The molecule has 0 fully saturated rings. The highest BCUT2D eigenvalue weighted by molar-refractivity contribution is 4.67. The van der Waals surface area contributed by atoms with Gasteiger partial charge in [-0.3, -0.25) is 0 Å². The Morgan fingerprint density at radius 3 is 1.56 bits per heavy atom. The van der Waals surface area contributed by atoms with Gasteiger partial charge in [0, 0.05) is 0 Å². The minimum atomic E-state index is -0.919. The molecule has 5 N–H and O–H groups in total. The zero-order valence-corrected chi connectivity index (χ0v) is 10.5. The predicted molar refractivity (Wildman–Crippen MR) is 61.6 cm³/mol. The highest BCUT2D eigenvalue weighted by Crippen LogP contribution is 2.14. The molecule has 0 spiro atoms. The number of aliphatic hydroxyl groups excluding tert-OH is 3. The summed E-state index contributed by atoms with van der Waals surface area (Å²) in [4.78, 5) is 0. The summed E-state index contributed by atoms with van der Waals surface area (Å²) < 4.78 is 0. The van der Waals surface area contributed by atoms with Crippen molar-refractivity contribution in [2.24, 2.45) is 5.73 Å². The Bertz CT molecular complexity index is 180. The van der Waals surface area contributed by atoms with Crippen LogP contribution in [0.4, 0.5) is 0 Å². The van der Waals surface area contributed by atoms with Gasteiger partial charge in [-0.25, -0.2) is 0 Å². The molecule has 0 heterocycles. The summed E-state index contributed by atoms with van der Waals surface area (Å²) in [6.07, 6.45) is -1.62. The van der Waals surface area contributed by atoms with Crippen molar-refractivity contribution in [3.63, 3.8) is 0 Å². The van der Waals surface area contributed by atoms with Crippen molar-refractivity contribution in [3.05, 3.63) is 0 Å². The summed E-state index contributed by atoms with van der Waals surface area (Å²) in [5.74, 6) is 0. The molecule has 0 aromatic heterocycles. The molecule has 4 unspecified atom stereocenters. The molecular formula is C10H25N3O3. The van der Waals surface area contributed by atoms with Gasteiger partial charge in [0.2, 0.25) is 0 Å². The smallest absolute Gasteiger partial charge is 0.120 e. The second-order valence-corrected chi connectivity index (χ2v) is 4.01. The van der Waals surface area contributed by atoms with E-state index in [2.05, 4.69) is 0 Å². The van der Waals surface area contributed by atoms with Crippen molar-refractivity contribution < 1.29 is 15.3 Å². The number of hydrogen-bond acceptors (Lipinski definition) is 6. The Morgan fingerprint density at radius 2 is 1.31 bits per heavy atom. The third-order valence-electron chi connectivity index (χ3n) is 2.34. The maximum atomic E-state index is 9.66. The third kappa shape index (κ3) is 4.32. The van der Waals surface area contributed by atoms with Gasteiger partial charge in [0.25, 0.3) is 0 Å². The molecule has 0 aromatic carbocycles. The monoisotopic (exact) mass is 235 g/mol. The van der Waals surface area contributed by atoms with Crippen molar-refractivity contribution in [1.29, 1.82) is 0 Å². The number of nitrogens with zero attached hydrogens (tertiary/aromatic N) is 2. The van der Waals surface area contributed by atoms with Crippen LogP contribution in [0.1, 0.15) is 40.5 Å². The molecule has 0 aliphatic heterocycles. The van der Waals surface area contributed by atoms with Crippen LogP contribution in [0.25, 0.3) is 0 Å². The number of nitrogens with two attached hydrogens (primary N) is 1. The average molecular weight is 235 g/mol. The fraction of sp³-hybridized carbons (Fsp3) is 1.00. The standard InChI is InChI=1S/C10H25N3O3/c1-5-6-10(11)13(9(4)16)12(7(2)14)8(3)15/h7-10,14-16H,5-6,11H2,1-4H3. The first-order valence-corrected chi connectivity index (χ1v) is 5.69. The molecule has 0 saturated carbocycles. The van der Waals surface area contributed by atoms with E-state index in [1.807, 2.05) is 6.92 Å². The molecule has 16 heavy (non-hydrogen) atoms. The van der Waals surface area contributed by atoms with Crippen molar-refractivity contribution in [1.82, 2.24) is 10.0 Å². The van der Waals surface area contributed by atoms with Crippen LogP contribution in [0.15, 0.2) is 0 Å². The van der Waals surface area contributed by atoms with Crippen LogP contribution in [-0.4, -0.2) is 50.2 Å². The molecule has 6 nitrogen and oxygen atoms in total. The van der Waals surface area contributed by atoms with Gasteiger partial charge < -0.3 is 21.1 Å². The second kappa shape index (κ2) is 7.16. The lowest BCUT2D eigenvalue weighted by Gasteiger charge is -2.43. The van der Waals surface area contributed by atoms with E-state index in [9.17, 15) is 15.3 Å². The Balaban J connectivity index is 4.84. The molecule has 0 amide bonds. The van der Waals surface area contributed by atoms with Crippen LogP contribution < -0.4 is 5.73 Å². The molecule has 0 bridgehead atoms. The quantitative estimate of drug-likeness (QED) is 0.354. The molecule has 4 atom stereocenters. The summed E-state index contributed by atoms with van der Waals surface area (Å²) in [7, 11) is 0. The van der Waals surface area contributed by atoms with Gasteiger partial charge in [0.1, 0.15) is 18.7 Å². The third-order valence-corrected chi connectivity index (χ3v) is 2.34. The van der Waals surface area contributed by atoms with E-state index in [1.165, 1.54) is 23.9 Å². The van der Waals surface area contributed by atoms with Crippen LogP contribution in [0.2, 0.25) is 0 Å². The molecule has 0 aromatic rings. The molecule has 98 valence electrons. The van der Waals surface area contributed by atoms with Gasteiger partial charge >= 0.3 is 0 Å². The SMILES string of the molecule is CCCC(N)N(C(C)O)N(C(C)O)C(C)O. The number of hydrogen-bond donors (Lipinski definition) is 4. The zero-order valence-electron chi connectivity index (χ0n) is 10.5. The van der Waals surface area contributed by atoms with Crippen molar-refractivity contribution in [2.75, 3.05) is 0 Å². The Hall–Kier alpha value is -0.240. The van der Waals surface area contributed by atoms with E-state index < -0.39 is 24.8 Å². The minimum absolute atomic E-state index is 0.436. The van der Waals surface area contributed by atoms with E-state index in [-0.39, 0.29) is 0 Å². The van der Waals surface area contributed by atoms with Crippen molar-refractivity contribution in [2.45, 2.75) is 65.4 Å². The predicted octanol–water partition coefficient (Wildman–Crippen LogP) is -0.395. The summed E-state index contributed by atoms with van der Waals surface area (Å²) in [5, 5.41) is 31.5. The van der Waals surface area contributed by atoms with Gasteiger partial charge in [0.05, 0.1) is 6.17 Å². The summed E-state index contributed by atoms with van der Waals surface area (Å²) >= 11 is 0. The molecule has 0 rings (SSSR count). The summed E-state index contributed by atoms with van der Waals surface area (Å²) in [6, 6.07) is 0. The van der Waals surface area contributed by atoms with E-state index in [4.69, 9.17) is 5.73 Å². The Kier molecular flexibility index (Phi) is 7.05. The van der Waals surface area contributed by atoms with Crippen LogP contribution in [-0.2, 0) is 0 Å². The maximum Gasteiger partial charge on any atom is 0.120 e. The largest absolute Gasteiger partial charge is 0.377 e. The minimum Gasteiger partial charge on any atom is -0.377 e. The second-order valence-electron chi connectivity index (χ2n) is 4.01. The fourth-order valence-electron chi connectivity index (χ4n) is 1.77. The van der Waals surface area contributed by atoms with Gasteiger partial charge in [-0.2, -0.15) is 10.0 Å². The first kappa shape index (κ1) is 15.8. The molecule has 0 saturated heterocycles. The van der Waals surface area contributed by atoms with Crippen LogP contribution >= 0.6 is 0 Å². The average Bonchev–Trinajstić information content (AvgIpc) is 2.11. The Morgan fingerprint density at radius 1 is 0.938 bits per heavy atom. The first-order valence-electron chi connectivity index (χ1n) is 5.69. The number of hydrazine groups is 1. The lowest BCUT2D eigenvalue weighted by molar-refractivity contribution is -0.265. The normalized spacial score (nSPS) is 19.9. The van der Waals surface area contributed by atoms with Gasteiger partial charge in [-0.15, -0.1) is 0 Å². The Labute approximate surface area is 97.2 Å². The van der Waals surface area contributed by atoms with Crippen LogP contribution in [0.5, 0.6) is 0 Å². The number of rotatable bonds is 7. The zero-order chi connectivity index (χ0) is 12.9. The lowest BCUT2D eigenvalue weighted by Crippen LogP contribution is -2.61. The summed E-state index contributed by atoms with van der Waals surface area (Å²) in [5.41, 5.74) is 5.91. The molecule has 0 aliphatic rings. The van der Waals surface area contributed by atoms with Crippen molar-refractivity contribution >= 4 is 0 Å². The van der Waals surface area contributed by atoms with E-state index in [0.717, 1.165) is 6.42 Å². The van der Waals surface area contributed by atoms with E-state index >= 15 is 0 Å². The fourth-order valence-corrected chi connectivity index (χ4v) is 1.77. The molecule has 0 radical (unpaired) electrons. The molecule has 0 aliphatic carbocycles. The van der Waals surface area contributed by atoms with Crippen molar-refractivity contribution in [3.8, 4) is 0 Å². The lowest BCUT2D eigenvalue weighted by atomic mass is 10.2. The highest BCUT2D eigenvalue weighted by Gasteiger charge is 2.30. The summed E-state index contributed by atoms with van der Waals surface area (Å²) in [6.45, 7) is 6.56. The topological polar surface area (TPSA) is 93.2 Å². The van der Waals surface area contributed by atoms with Gasteiger partial charge in [-0.1, -0.05) is 13.3 Å². The van der Waals surface area contributed by atoms with E-state index in [1.54, 1.807) is 6.92 Å². The number of aliphatic hydroxyl groups is 3.